The lowest BCUT2D eigenvalue weighted by Gasteiger charge is -2.25. The summed E-state index contributed by atoms with van der Waals surface area (Å²) >= 11 is 0. The number of fused-ring (bicyclic) bond motifs is 1. The smallest absolute Gasteiger partial charge is 0.246 e. The molecule has 4 atom stereocenters. The summed E-state index contributed by atoms with van der Waals surface area (Å²) in [5.41, 5.74) is 5.04. The molecule has 3 heterocycles. The topological polar surface area (TPSA) is 152 Å². The Morgan fingerprint density at radius 1 is 1.57 bits per heavy atom. The minimum absolute atomic E-state index is 0.0213. The van der Waals surface area contributed by atoms with E-state index in [1.165, 1.54) is 18.0 Å². The van der Waals surface area contributed by atoms with Gasteiger partial charge >= 0.3 is 0 Å². The van der Waals surface area contributed by atoms with E-state index in [4.69, 9.17) is 15.2 Å². The number of anilines is 1. The van der Waals surface area contributed by atoms with Gasteiger partial charge in [0, 0.05) is 0 Å². The number of rotatable bonds is 3. The molecule has 2 aromatic rings. The number of hydrogen-bond donors (Lipinski definition) is 3. The molecule has 122 valence electrons. The molecule has 0 spiro atoms. The third-order valence-electron chi connectivity index (χ3n) is 4.06. The number of nitrogens with two attached hydrogens (primary N) is 1. The average Bonchev–Trinajstić information content (AvgIpc) is 3.07. The fourth-order valence-corrected chi connectivity index (χ4v) is 2.75. The van der Waals surface area contributed by atoms with Crippen LogP contribution in [0.2, 0.25) is 0 Å². The van der Waals surface area contributed by atoms with Crippen LogP contribution >= 0.6 is 0 Å². The van der Waals surface area contributed by atoms with E-state index in [2.05, 4.69) is 21.0 Å². The quantitative estimate of drug-likeness (QED) is 0.659. The highest BCUT2D eigenvalue weighted by Crippen LogP contribution is 2.45. The number of aromatic nitrogens is 4. The SMILES string of the molecule is COc1nc(N)nc2c1ncn2C1OC(CO)C(O)C1(C)C#N. The zero-order valence-corrected chi connectivity index (χ0v) is 12.5. The molecule has 0 aromatic carbocycles. The number of methoxy groups -OCH3 is 1. The Labute approximate surface area is 131 Å². The summed E-state index contributed by atoms with van der Waals surface area (Å²) in [4.78, 5) is 12.2. The molecule has 3 rings (SSSR count). The summed E-state index contributed by atoms with van der Waals surface area (Å²) in [6.45, 7) is 1.13. The predicted octanol–water partition coefficient (Wildman–Crippen LogP) is -0.802. The van der Waals surface area contributed by atoms with Crippen molar-refractivity contribution in [3.05, 3.63) is 6.33 Å². The number of aliphatic hydroxyl groups excluding tert-OH is 2. The third-order valence-corrected chi connectivity index (χ3v) is 4.06. The first-order chi connectivity index (χ1) is 11.0. The van der Waals surface area contributed by atoms with Crippen LogP contribution in [0.1, 0.15) is 13.2 Å². The van der Waals surface area contributed by atoms with E-state index in [1.54, 1.807) is 6.92 Å². The number of nitrogen functional groups attached to an aromatic ring is 1. The molecule has 4 unspecified atom stereocenters. The van der Waals surface area contributed by atoms with Gasteiger partial charge in [0.15, 0.2) is 17.4 Å². The van der Waals surface area contributed by atoms with Crippen LogP contribution in [0, 0.1) is 16.7 Å². The van der Waals surface area contributed by atoms with Gasteiger partial charge in [-0.25, -0.2) is 4.98 Å². The van der Waals surface area contributed by atoms with Gasteiger partial charge in [-0.15, -0.1) is 0 Å². The van der Waals surface area contributed by atoms with Crippen LogP contribution in [0.3, 0.4) is 0 Å². The van der Waals surface area contributed by atoms with Gasteiger partial charge in [-0.1, -0.05) is 0 Å². The van der Waals surface area contributed by atoms with Crippen LogP contribution < -0.4 is 10.5 Å². The fourth-order valence-electron chi connectivity index (χ4n) is 2.75. The molecule has 10 nitrogen and oxygen atoms in total. The van der Waals surface area contributed by atoms with Gasteiger partial charge in [0.05, 0.1) is 26.1 Å². The zero-order chi connectivity index (χ0) is 16.8. The van der Waals surface area contributed by atoms with Gasteiger partial charge in [-0.05, 0) is 6.92 Å². The van der Waals surface area contributed by atoms with Crippen LogP contribution in [0.5, 0.6) is 5.88 Å². The van der Waals surface area contributed by atoms with Crippen molar-refractivity contribution < 1.29 is 19.7 Å². The van der Waals surface area contributed by atoms with E-state index in [-0.39, 0.29) is 11.8 Å². The summed E-state index contributed by atoms with van der Waals surface area (Å²) in [5, 5.41) is 29.1. The molecule has 23 heavy (non-hydrogen) atoms. The minimum atomic E-state index is -1.30. The number of nitrogens with zero attached hydrogens (tertiary/aromatic N) is 5. The van der Waals surface area contributed by atoms with Crippen molar-refractivity contribution in [3.8, 4) is 11.9 Å². The molecule has 0 saturated carbocycles. The van der Waals surface area contributed by atoms with Gasteiger partial charge in [0.1, 0.15) is 17.6 Å². The van der Waals surface area contributed by atoms with Gasteiger partial charge in [0.25, 0.3) is 0 Å². The van der Waals surface area contributed by atoms with Crippen LogP contribution in [0.15, 0.2) is 6.33 Å². The van der Waals surface area contributed by atoms with Crippen molar-refractivity contribution in [2.24, 2.45) is 5.41 Å². The normalized spacial score (nSPS) is 30.5. The number of nitriles is 1. The van der Waals surface area contributed by atoms with E-state index >= 15 is 0 Å². The molecule has 1 saturated heterocycles. The summed E-state index contributed by atoms with van der Waals surface area (Å²) < 4.78 is 12.3. The fraction of sp³-hybridized carbons (Fsp3) is 0.538. The second-order valence-corrected chi connectivity index (χ2v) is 5.46. The first-order valence-corrected chi connectivity index (χ1v) is 6.86. The van der Waals surface area contributed by atoms with Crippen molar-refractivity contribution >= 4 is 17.1 Å². The van der Waals surface area contributed by atoms with E-state index in [0.717, 1.165) is 0 Å². The Bertz CT molecular complexity index is 787. The molecular formula is C13H16N6O4. The molecule has 0 aliphatic carbocycles. The van der Waals surface area contributed by atoms with Crippen LogP contribution in [-0.2, 0) is 4.74 Å². The number of aliphatic hydroxyl groups is 2. The van der Waals surface area contributed by atoms with Gasteiger partial charge in [-0.2, -0.15) is 15.2 Å². The lowest BCUT2D eigenvalue weighted by Crippen LogP contribution is -2.37. The Balaban J connectivity index is 2.17. The number of hydrogen-bond acceptors (Lipinski definition) is 9. The molecule has 0 radical (unpaired) electrons. The molecule has 4 N–H and O–H groups in total. The molecule has 0 bridgehead atoms. The summed E-state index contributed by atoms with van der Waals surface area (Å²) in [6, 6.07) is 2.06. The highest BCUT2D eigenvalue weighted by Gasteiger charge is 2.54. The van der Waals surface area contributed by atoms with Gasteiger partial charge in [-0.3, -0.25) is 4.57 Å². The van der Waals surface area contributed by atoms with Crippen molar-refractivity contribution in [2.45, 2.75) is 25.4 Å². The van der Waals surface area contributed by atoms with Crippen molar-refractivity contribution in [2.75, 3.05) is 19.5 Å². The van der Waals surface area contributed by atoms with Crippen molar-refractivity contribution in [3.63, 3.8) is 0 Å². The maximum atomic E-state index is 10.3. The third kappa shape index (κ3) is 2.09. The monoisotopic (exact) mass is 320 g/mol. The summed E-state index contributed by atoms with van der Waals surface area (Å²) in [6.07, 6.45) is -1.54. The van der Waals surface area contributed by atoms with E-state index in [0.29, 0.717) is 11.2 Å². The Morgan fingerprint density at radius 3 is 2.91 bits per heavy atom. The molecule has 1 aliphatic rings. The molecule has 2 aromatic heterocycles. The first-order valence-electron chi connectivity index (χ1n) is 6.86. The summed E-state index contributed by atoms with van der Waals surface area (Å²) in [5.74, 6) is 0.175. The first kappa shape index (κ1) is 15.4. The van der Waals surface area contributed by atoms with E-state index in [1.807, 2.05) is 0 Å². The minimum Gasteiger partial charge on any atom is -0.479 e. The van der Waals surface area contributed by atoms with Crippen LogP contribution in [0.4, 0.5) is 5.95 Å². The molecule has 1 aliphatic heterocycles. The molecular weight excluding hydrogens is 304 g/mol. The second kappa shape index (κ2) is 5.31. The molecule has 1 fully saturated rings. The highest BCUT2D eigenvalue weighted by molar-refractivity contribution is 5.77. The van der Waals surface area contributed by atoms with Crippen molar-refractivity contribution in [1.29, 1.82) is 5.26 Å². The lowest BCUT2D eigenvalue weighted by atomic mass is 9.84. The standard InChI is InChI=1S/C13H16N6O4/c1-13(4-14)8(21)6(3-20)23-11(13)19-5-16-7-9(19)17-12(15)18-10(7)22-2/h5-6,8,11,20-21H,3H2,1-2H3,(H2,15,17,18). The van der Waals surface area contributed by atoms with Gasteiger partial charge < -0.3 is 25.4 Å². The number of ether oxygens (including phenoxy) is 2. The largest absolute Gasteiger partial charge is 0.479 e. The second-order valence-electron chi connectivity index (χ2n) is 5.46. The number of imidazole rings is 1. The predicted molar refractivity (Wildman–Crippen MR) is 77.0 cm³/mol. The maximum absolute atomic E-state index is 10.3. The maximum Gasteiger partial charge on any atom is 0.246 e. The lowest BCUT2D eigenvalue weighted by molar-refractivity contribution is -0.0469. The van der Waals surface area contributed by atoms with Crippen LogP contribution in [0.25, 0.3) is 11.2 Å². The van der Waals surface area contributed by atoms with Crippen LogP contribution in [-0.4, -0.2) is 55.7 Å². The molecule has 0 amide bonds. The highest BCUT2D eigenvalue weighted by atomic mass is 16.5. The van der Waals surface area contributed by atoms with E-state index < -0.39 is 30.5 Å². The van der Waals surface area contributed by atoms with E-state index in [9.17, 15) is 15.5 Å². The van der Waals surface area contributed by atoms with Crippen molar-refractivity contribution in [1.82, 2.24) is 19.5 Å². The Hall–Kier alpha value is -2.48. The Morgan fingerprint density at radius 2 is 2.30 bits per heavy atom. The molecule has 10 heteroatoms. The summed E-state index contributed by atoms with van der Waals surface area (Å²) in [7, 11) is 1.43. The average molecular weight is 320 g/mol. The zero-order valence-electron chi connectivity index (χ0n) is 12.5. The Kier molecular flexibility index (Phi) is 3.56. The van der Waals surface area contributed by atoms with Gasteiger partial charge in [0.2, 0.25) is 11.8 Å².